The Hall–Kier alpha value is -2.70. The fourth-order valence-electron chi connectivity index (χ4n) is 3.64. The summed E-state index contributed by atoms with van der Waals surface area (Å²) in [6.45, 7) is 0.560. The van der Waals surface area contributed by atoms with Crippen LogP contribution in [-0.2, 0) is 11.2 Å². The molecule has 1 aliphatic carbocycles. The number of rotatable bonds is 8. The van der Waals surface area contributed by atoms with Crippen LogP contribution in [0.4, 0.5) is 4.39 Å². The predicted octanol–water partition coefficient (Wildman–Crippen LogP) is 3.99. The van der Waals surface area contributed by atoms with Crippen molar-refractivity contribution in [3.8, 4) is 11.8 Å². The van der Waals surface area contributed by atoms with Crippen LogP contribution in [0.15, 0.2) is 30.6 Å². The second-order valence-electron chi connectivity index (χ2n) is 7.17. The number of aliphatic carboxylic acids is 1. The van der Waals surface area contributed by atoms with Gasteiger partial charge in [-0.05, 0) is 61.1 Å². The molecular weight excluding hydrogens is 363 g/mol. The average molecular weight is 388 g/mol. The number of carboxylic acid groups (broad SMARTS) is 1. The molecule has 2 aromatic rings. The number of methoxy groups -OCH3 is 1. The number of hydrogen-bond acceptors (Lipinski definition) is 5. The third kappa shape index (κ3) is 5.41. The molecule has 150 valence electrons. The zero-order valence-electron chi connectivity index (χ0n) is 15.9. The highest BCUT2D eigenvalue weighted by molar-refractivity contribution is 5.67. The van der Waals surface area contributed by atoms with E-state index in [4.69, 9.17) is 14.6 Å². The summed E-state index contributed by atoms with van der Waals surface area (Å²) in [5.41, 5.74) is 1.58. The van der Waals surface area contributed by atoms with E-state index in [1.807, 2.05) is 0 Å². The molecule has 6 nitrogen and oxygen atoms in total. The van der Waals surface area contributed by atoms with Gasteiger partial charge in [0.15, 0.2) is 0 Å². The van der Waals surface area contributed by atoms with Gasteiger partial charge in [-0.2, -0.15) is 0 Å². The van der Waals surface area contributed by atoms with Crippen molar-refractivity contribution in [3.05, 3.63) is 47.5 Å². The number of carbonyl (C=O) groups is 1. The number of aromatic nitrogens is 2. The van der Waals surface area contributed by atoms with Crippen LogP contribution in [-0.4, -0.2) is 34.8 Å². The largest absolute Gasteiger partial charge is 0.481 e. The van der Waals surface area contributed by atoms with E-state index in [0.717, 1.165) is 31.2 Å². The molecule has 0 bridgehead atoms. The van der Waals surface area contributed by atoms with Crippen LogP contribution in [0.25, 0.3) is 0 Å². The maximum Gasteiger partial charge on any atom is 0.303 e. The lowest BCUT2D eigenvalue weighted by Gasteiger charge is -2.28. The van der Waals surface area contributed by atoms with E-state index in [2.05, 4.69) is 9.97 Å². The van der Waals surface area contributed by atoms with Gasteiger partial charge in [0, 0.05) is 24.8 Å². The number of aryl methyl sites for hydroxylation is 1. The van der Waals surface area contributed by atoms with Gasteiger partial charge in [0.05, 0.1) is 19.9 Å². The maximum atomic E-state index is 14.1. The van der Waals surface area contributed by atoms with Crippen molar-refractivity contribution in [2.75, 3.05) is 13.7 Å². The molecule has 0 unspecified atom stereocenters. The first-order chi connectivity index (χ1) is 13.5. The molecular formula is C21H25FN2O4. The first-order valence-corrected chi connectivity index (χ1v) is 9.54. The van der Waals surface area contributed by atoms with Crippen LogP contribution >= 0.6 is 0 Å². The Morgan fingerprint density at radius 3 is 2.71 bits per heavy atom. The summed E-state index contributed by atoms with van der Waals surface area (Å²) in [6, 6.07) is 5.30. The van der Waals surface area contributed by atoms with Gasteiger partial charge in [-0.15, -0.1) is 0 Å². The number of pyridine rings is 2. The molecule has 2 heterocycles. The number of nitrogens with zero attached hydrogens (tertiary/aromatic N) is 2. The maximum absolute atomic E-state index is 14.1. The topological polar surface area (TPSA) is 81.5 Å². The van der Waals surface area contributed by atoms with Crippen molar-refractivity contribution >= 4 is 5.97 Å². The standard InChI is InChI=1S/C21H25FN2O4/c1-27-19-11-17(18(22)12-24-19)16-5-2-15(3-6-16)13-28-20-10-14(8-9-23-20)4-7-21(25)26/h8-12,15-16H,2-7,13H2,1H3,(H,25,26). The molecule has 1 N–H and O–H groups in total. The zero-order valence-corrected chi connectivity index (χ0v) is 15.9. The van der Waals surface area contributed by atoms with Crippen LogP contribution in [0.3, 0.4) is 0 Å². The summed E-state index contributed by atoms with van der Waals surface area (Å²) < 4.78 is 25.1. The molecule has 28 heavy (non-hydrogen) atoms. The summed E-state index contributed by atoms with van der Waals surface area (Å²) >= 11 is 0. The van der Waals surface area contributed by atoms with E-state index in [-0.39, 0.29) is 18.2 Å². The lowest BCUT2D eigenvalue weighted by Crippen LogP contribution is -2.20. The van der Waals surface area contributed by atoms with Crippen LogP contribution in [0, 0.1) is 11.7 Å². The molecule has 0 aliphatic heterocycles. The Morgan fingerprint density at radius 2 is 2.00 bits per heavy atom. The lowest BCUT2D eigenvalue weighted by molar-refractivity contribution is -0.136. The molecule has 0 amide bonds. The molecule has 2 aromatic heterocycles. The van der Waals surface area contributed by atoms with Gasteiger partial charge in [0.1, 0.15) is 5.82 Å². The van der Waals surface area contributed by atoms with Crippen LogP contribution in [0.2, 0.25) is 0 Å². The Labute approximate surface area is 163 Å². The first kappa shape index (κ1) is 20.0. The number of hydrogen-bond donors (Lipinski definition) is 1. The Kier molecular flexibility index (Phi) is 6.79. The molecule has 1 saturated carbocycles. The van der Waals surface area contributed by atoms with E-state index in [1.165, 1.54) is 13.3 Å². The van der Waals surface area contributed by atoms with Gasteiger partial charge in [0.25, 0.3) is 0 Å². The average Bonchev–Trinajstić information content (AvgIpc) is 2.72. The van der Waals surface area contributed by atoms with Crippen molar-refractivity contribution in [3.63, 3.8) is 0 Å². The minimum Gasteiger partial charge on any atom is -0.481 e. The molecule has 0 atom stereocenters. The molecule has 0 saturated heterocycles. The van der Waals surface area contributed by atoms with E-state index >= 15 is 0 Å². The minimum atomic E-state index is -0.820. The van der Waals surface area contributed by atoms with Crippen molar-refractivity contribution < 1.29 is 23.8 Å². The first-order valence-electron chi connectivity index (χ1n) is 9.54. The van der Waals surface area contributed by atoms with Crippen LogP contribution in [0.5, 0.6) is 11.8 Å². The molecule has 3 rings (SSSR count). The molecule has 0 radical (unpaired) electrons. The molecule has 7 heteroatoms. The monoisotopic (exact) mass is 388 g/mol. The highest BCUT2D eigenvalue weighted by atomic mass is 19.1. The van der Waals surface area contributed by atoms with E-state index in [9.17, 15) is 9.18 Å². The number of halogens is 1. The third-order valence-corrected chi connectivity index (χ3v) is 5.25. The van der Waals surface area contributed by atoms with Crippen molar-refractivity contribution in [1.29, 1.82) is 0 Å². The van der Waals surface area contributed by atoms with Gasteiger partial charge < -0.3 is 14.6 Å². The lowest BCUT2D eigenvalue weighted by atomic mass is 9.79. The van der Waals surface area contributed by atoms with Gasteiger partial charge in [-0.25, -0.2) is 14.4 Å². The zero-order chi connectivity index (χ0) is 19.9. The quantitative estimate of drug-likeness (QED) is 0.736. The third-order valence-electron chi connectivity index (χ3n) is 5.25. The van der Waals surface area contributed by atoms with Gasteiger partial charge in [0.2, 0.25) is 11.8 Å². The van der Waals surface area contributed by atoms with Crippen LogP contribution in [0.1, 0.15) is 49.1 Å². The highest BCUT2D eigenvalue weighted by Crippen LogP contribution is 2.37. The van der Waals surface area contributed by atoms with E-state index < -0.39 is 5.97 Å². The Morgan fingerprint density at radius 1 is 1.21 bits per heavy atom. The Balaban J connectivity index is 1.50. The normalized spacial score (nSPS) is 19.2. The number of carboxylic acids is 1. The molecule has 1 aliphatic rings. The van der Waals surface area contributed by atoms with Crippen molar-refractivity contribution in [2.24, 2.45) is 5.92 Å². The molecule has 0 spiro atoms. The van der Waals surface area contributed by atoms with Crippen molar-refractivity contribution in [1.82, 2.24) is 9.97 Å². The fraction of sp³-hybridized carbons (Fsp3) is 0.476. The minimum absolute atomic E-state index is 0.0871. The fourth-order valence-corrected chi connectivity index (χ4v) is 3.64. The van der Waals surface area contributed by atoms with Crippen LogP contribution < -0.4 is 9.47 Å². The second-order valence-corrected chi connectivity index (χ2v) is 7.17. The van der Waals surface area contributed by atoms with Gasteiger partial charge >= 0.3 is 5.97 Å². The summed E-state index contributed by atoms with van der Waals surface area (Å²) in [5, 5.41) is 8.79. The summed E-state index contributed by atoms with van der Waals surface area (Å²) in [4.78, 5) is 18.8. The second kappa shape index (κ2) is 9.48. The summed E-state index contributed by atoms with van der Waals surface area (Å²) in [6.07, 6.45) is 7.11. The van der Waals surface area contributed by atoms with E-state index in [0.29, 0.717) is 36.3 Å². The summed E-state index contributed by atoms with van der Waals surface area (Å²) in [5.74, 6) is 0.436. The van der Waals surface area contributed by atoms with E-state index in [1.54, 1.807) is 24.4 Å². The van der Waals surface area contributed by atoms with Crippen molar-refractivity contribution in [2.45, 2.75) is 44.4 Å². The summed E-state index contributed by atoms with van der Waals surface area (Å²) in [7, 11) is 1.53. The SMILES string of the molecule is COc1cc(C2CCC(COc3cc(CCC(=O)O)ccn3)CC2)c(F)cn1. The molecule has 1 fully saturated rings. The van der Waals surface area contributed by atoms with Gasteiger partial charge in [-0.3, -0.25) is 4.79 Å². The number of ether oxygens (including phenoxy) is 2. The highest BCUT2D eigenvalue weighted by Gasteiger charge is 2.25. The van der Waals surface area contributed by atoms with Gasteiger partial charge in [-0.1, -0.05) is 0 Å². The predicted molar refractivity (Wildman–Crippen MR) is 101 cm³/mol. The molecule has 0 aromatic carbocycles. The Bertz CT molecular complexity index is 807. The smallest absolute Gasteiger partial charge is 0.303 e.